The van der Waals surface area contributed by atoms with Crippen LogP contribution in [0.1, 0.15) is 17.3 Å². The molecule has 1 unspecified atom stereocenters. The fraction of sp³-hybridized carbons (Fsp3) is 0.136. The molecule has 4 aromatic rings. The number of anilines is 3. The van der Waals surface area contributed by atoms with Gasteiger partial charge in [-0.3, -0.25) is 9.78 Å². The Balaban J connectivity index is 1.82. The van der Waals surface area contributed by atoms with E-state index in [0.29, 0.717) is 16.1 Å². The number of nitrogen functional groups attached to an aromatic ring is 1. The number of carbonyl (C=O) groups is 1. The highest BCUT2D eigenvalue weighted by molar-refractivity contribution is 6.30. The van der Waals surface area contributed by atoms with Gasteiger partial charge in [0.15, 0.2) is 11.5 Å². The average Bonchev–Trinajstić information content (AvgIpc) is 2.79. The lowest BCUT2D eigenvalue weighted by atomic mass is 10.1. The summed E-state index contributed by atoms with van der Waals surface area (Å²) in [5.74, 6) is -0.453. The van der Waals surface area contributed by atoms with Crippen LogP contribution >= 0.6 is 11.6 Å². The molecular formula is C22H19ClFN7O2. The summed E-state index contributed by atoms with van der Waals surface area (Å²) in [5, 5.41) is 16.0. The van der Waals surface area contributed by atoms with Gasteiger partial charge in [0, 0.05) is 24.0 Å². The van der Waals surface area contributed by atoms with Crippen molar-refractivity contribution in [3.05, 3.63) is 65.2 Å². The lowest BCUT2D eigenvalue weighted by molar-refractivity contribution is 0.0924. The molecule has 9 nitrogen and oxygen atoms in total. The second-order valence-corrected chi connectivity index (χ2v) is 7.67. The zero-order valence-corrected chi connectivity index (χ0v) is 18.1. The van der Waals surface area contributed by atoms with Crippen molar-refractivity contribution < 1.29 is 14.3 Å². The van der Waals surface area contributed by atoms with Gasteiger partial charge >= 0.3 is 0 Å². The molecule has 0 bridgehead atoms. The van der Waals surface area contributed by atoms with Crippen LogP contribution in [0.25, 0.3) is 22.4 Å². The van der Waals surface area contributed by atoms with Crippen molar-refractivity contribution in [2.24, 2.45) is 0 Å². The van der Waals surface area contributed by atoms with Crippen LogP contribution in [0.15, 0.2) is 48.8 Å². The SMILES string of the molecule is CC(O)CNC(=O)c1cnccc1Nc1nc(-c2cc(Cl)ccc2F)nc2nc(N)ccc12. The summed E-state index contributed by atoms with van der Waals surface area (Å²) in [5.41, 5.74) is 6.76. The Hall–Kier alpha value is -3.89. The van der Waals surface area contributed by atoms with Crippen LogP contribution in [-0.4, -0.2) is 43.6 Å². The maximum absolute atomic E-state index is 14.5. The first-order valence-corrected chi connectivity index (χ1v) is 10.3. The Labute approximate surface area is 192 Å². The summed E-state index contributed by atoms with van der Waals surface area (Å²) in [6.45, 7) is 1.63. The maximum Gasteiger partial charge on any atom is 0.255 e. The van der Waals surface area contributed by atoms with Crippen molar-refractivity contribution in [2.75, 3.05) is 17.6 Å². The molecule has 1 atom stereocenters. The van der Waals surface area contributed by atoms with E-state index in [9.17, 15) is 14.3 Å². The molecule has 3 aromatic heterocycles. The second-order valence-electron chi connectivity index (χ2n) is 7.23. The number of benzene rings is 1. The van der Waals surface area contributed by atoms with Gasteiger partial charge in [-0.1, -0.05) is 11.6 Å². The summed E-state index contributed by atoms with van der Waals surface area (Å²) < 4.78 is 14.5. The number of aliphatic hydroxyl groups is 1. The predicted molar refractivity (Wildman–Crippen MR) is 124 cm³/mol. The number of amides is 1. The molecule has 0 spiro atoms. The number of pyridine rings is 2. The fourth-order valence-electron chi connectivity index (χ4n) is 3.06. The standard InChI is InChI=1S/C22H19ClFN7O2/c1-11(32)9-27-22(33)15-10-26-7-6-17(15)28-19-13-3-5-18(25)29-20(13)31-21(30-19)14-8-12(23)2-4-16(14)24/h2-8,10-11,32H,9H2,1H3,(H,27,33)(H3,25,26,28,29,30,31). The number of nitrogens with two attached hydrogens (primary N) is 1. The van der Waals surface area contributed by atoms with Crippen LogP contribution in [-0.2, 0) is 0 Å². The number of fused-ring (bicyclic) bond motifs is 1. The van der Waals surface area contributed by atoms with Gasteiger partial charge in [0.1, 0.15) is 17.5 Å². The Bertz CT molecular complexity index is 1350. The molecule has 11 heteroatoms. The molecule has 4 rings (SSSR count). The van der Waals surface area contributed by atoms with E-state index >= 15 is 0 Å². The summed E-state index contributed by atoms with van der Waals surface area (Å²) in [6.07, 6.45) is 2.18. The second kappa shape index (κ2) is 9.31. The van der Waals surface area contributed by atoms with Gasteiger partial charge < -0.3 is 21.5 Å². The van der Waals surface area contributed by atoms with Gasteiger partial charge in [-0.25, -0.2) is 19.3 Å². The van der Waals surface area contributed by atoms with Gasteiger partial charge in [0.05, 0.1) is 28.3 Å². The third kappa shape index (κ3) is 4.97. The Morgan fingerprint density at radius 1 is 1.21 bits per heavy atom. The third-order valence-electron chi connectivity index (χ3n) is 4.63. The van der Waals surface area contributed by atoms with Crippen molar-refractivity contribution in [1.29, 1.82) is 0 Å². The molecule has 1 aromatic carbocycles. The highest BCUT2D eigenvalue weighted by Gasteiger charge is 2.17. The summed E-state index contributed by atoms with van der Waals surface area (Å²) in [6, 6.07) is 8.90. The molecule has 5 N–H and O–H groups in total. The molecule has 1 amide bonds. The number of nitrogens with zero attached hydrogens (tertiary/aromatic N) is 4. The first kappa shape index (κ1) is 22.3. The van der Waals surface area contributed by atoms with E-state index in [4.69, 9.17) is 17.3 Å². The van der Waals surface area contributed by atoms with Gasteiger partial charge in [-0.05, 0) is 43.3 Å². The van der Waals surface area contributed by atoms with Crippen molar-refractivity contribution in [2.45, 2.75) is 13.0 Å². The Kier molecular flexibility index (Phi) is 6.29. The molecule has 3 heterocycles. The van der Waals surface area contributed by atoms with E-state index in [1.807, 2.05) is 0 Å². The number of halogens is 2. The monoisotopic (exact) mass is 467 g/mol. The van der Waals surface area contributed by atoms with E-state index in [0.717, 1.165) is 0 Å². The summed E-state index contributed by atoms with van der Waals surface area (Å²) in [4.78, 5) is 29.7. The summed E-state index contributed by atoms with van der Waals surface area (Å²) >= 11 is 6.04. The zero-order valence-electron chi connectivity index (χ0n) is 17.4. The smallest absolute Gasteiger partial charge is 0.255 e. The fourth-order valence-corrected chi connectivity index (χ4v) is 3.23. The van der Waals surface area contributed by atoms with Gasteiger partial charge in [0.2, 0.25) is 0 Å². The van der Waals surface area contributed by atoms with Crippen molar-refractivity contribution in [3.63, 3.8) is 0 Å². The minimum Gasteiger partial charge on any atom is -0.392 e. The number of nitrogens with one attached hydrogen (secondary N) is 2. The van der Waals surface area contributed by atoms with Crippen LogP contribution in [0.2, 0.25) is 5.02 Å². The summed E-state index contributed by atoms with van der Waals surface area (Å²) in [7, 11) is 0. The van der Waals surface area contributed by atoms with E-state index in [-0.39, 0.29) is 40.8 Å². The number of aliphatic hydroxyl groups excluding tert-OH is 1. The first-order chi connectivity index (χ1) is 15.8. The Morgan fingerprint density at radius 3 is 2.82 bits per heavy atom. The van der Waals surface area contributed by atoms with Gasteiger partial charge in [-0.2, -0.15) is 0 Å². The lowest BCUT2D eigenvalue weighted by Crippen LogP contribution is -2.31. The van der Waals surface area contributed by atoms with Crippen LogP contribution in [0.4, 0.5) is 21.7 Å². The largest absolute Gasteiger partial charge is 0.392 e. The highest BCUT2D eigenvalue weighted by atomic mass is 35.5. The number of hydrogen-bond acceptors (Lipinski definition) is 8. The molecule has 0 saturated heterocycles. The molecular weight excluding hydrogens is 449 g/mol. The Morgan fingerprint density at radius 2 is 2.03 bits per heavy atom. The molecule has 168 valence electrons. The van der Waals surface area contributed by atoms with Crippen LogP contribution in [0.3, 0.4) is 0 Å². The van der Waals surface area contributed by atoms with Crippen LogP contribution in [0, 0.1) is 5.82 Å². The molecule has 33 heavy (non-hydrogen) atoms. The molecule has 0 radical (unpaired) electrons. The third-order valence-corrected chi connectivity index (χ3v) is 4.86. The molecule has 0 saturated carbocycles. The quantitative estimate of drug-likeness (QED) is 0.338. The molecule has 0 fully saturated rings. The maximum atomic E-state index is 14.5. The topological polar surface area (TPSA) is 139 Å². The van der Waals surface area contributed by atoms with E-state index in [1.165, 1.54) is 30.6 Å². The number of hydrogen-bond donors (Lipinski definition) is 4. The van der Waals surface area contributed by atoms with E-state index in [1.54, 1.807) is 25.1 Å². The molecule has 0 aliphatic carbocycles. The minimum absolute atomic E-state index is 0.0391. The average molecular weight is 468 g/mol. The highest BCUT2D eigenvalue weighted by Crippen LogP contribution is 2.30. The number of aromatic nitrogens is 4. The first-order valence-electron chi connectivity index (χ1n) is 9.89. The minimum atomic E-state index is -0.709. The van der Waals surface area contributed by atoms with Gasteiger partial charge in [-0.15, -0.1) is 0 Å². The molecule has 0 aliphatic rings. The zero-order chi connectivity index (χ0) is 23.5. The molecule has 0 aliphatic heterocycles. The van der Waals surface area contributed by atoms with Gasteiger partial charge in [0.25, 0.3) is 5.91 Å². The van der Waals surface area contributed by atoms with Crippen molar-refractivity contribution >= 4 is 45.9 Å². The number of rotatable bonds is 6. The van der Waals surface area contributed by atoms with Crippen LogP contribution in [0.5, 0.6) is 0 Å². The normalized spacial score (nSPS) is 11.9. The van der Waals surface area contributed by atoms with Crippen LogP contribution < -0.4 is 16.4 Å². The van der Waals surface area contributed by atoms with Crippen molar-refractivity contribution in [3.8, 4) is 11.4 Å². The van der Waals surface area contributed by atoms with Crippen molar-refractivity contribution in [1.82, 2.24) is 25.3 Å². The predicted octanol–water partition coefficient (Wildman–Crippen LogP) is 3.32. The van der Waals surface area contributed by atoms with E-state index in [2.05, 4.69) is 30.6 Å². The number of carbonyl (C=O) groups excluding carboxylic acids is 1. The lowest BCUT2D eigenvalue weighted by Gasteiger charge is -2.14. The van der Waals surface area contributed by atoms with E-state index < -0.39 is 17.8 Å².